The lowest BCUT2D eigenvalue weighted by molar-refractivity contribution is -0.0320. The van der Waals surface area contributed by atoms with Gasteiger partial charge < -0.3 is 20.1 Å². The Balaban J connectivity index is 0.00000576. The first-order chi connectivity index (χ1) is 11.5. The van der Waals surface area contributed by atoms with Crippen molar-refractivity contribution in [2.24, 2.45) is 4.99 Å². The Hall–Kier alpha value is -0.120. The van der Waals surface area contributed by atoms with Gasteiger partial charge in [-0.25, -0.2) is 0 Å². The fourth-order valence-electron chi connectivity index (χ4n) is 3.01. The van der Waals surface area contributed by atoms with Crippen LogP contribution < -0.4 is 10.6 Å². The molecule has 25 heavy (non-hydrogen) atoms. The smallest absolute Gasteiger partial charge is 0.191 e. The first-order valence-corrected chi connectivity index (χ1v) is 9.44. The highest BCUT2D eigenvalue weighted by Gasteiger charge is 2.14. The van der Waals surface area contributed by atoms with Crippen LogP contribution in [0.25, 0.3) is 0 Å². The third-order valence-corrected chi connectivity index (χ3v) is 4.35. The first-order valence-electron chi connectivity index (χ1n) is 9.44. The van der Waals surface area contributed by atoms with Gasteiger partial charge in [0, 0.05) is 58.6 Å². The Labute approximate surface area is 171 Å². The number of nitrogens with zero attached hydrogens (tertiary/aromatic N) is 2. The second-order valence-electron chi connectivity index (χ2n) is 6.89. The van der Waals surface area contributed by atoms with Gasteiger partial charge in [-0.05, 0) is 47.0 Å². The van der Waals surface area contributed by atoms with E-state index in [2.05, 4.69) is 48.2 Å². The predicted molar refractivity (Wildman–Crippen MR) is 116 cm³/mol. The van der Waals surface area contributed by atoms with Crippen molar-refractivity contribution in [1.82, 2.24) is 15.5 Å². The van der Waals surface area contributed by atoms with E-state index in [-0.39, 0.29) is 24.0 Å². The van der Waals surface area contributed by atoms with Crippen molar-refractivity contribution in [1.29, 1.82) is 0 Å². The zero-order valence-electron chi connectivity index (χ0n) is 16.7. The minimum Gasteiger partial charge on any atom is -0.381 e. The van der Waals surface area contributed by atoms with Crippen molar-refractivity contribution >= 4 is 29.9 Å². The van der Waals surface area contributed by atoms with Gasteiger partial charge in [0.1, 0.15) is 0 Å². The molecule has 1 aliphatic heterocycles. The molecule has 0 radical (unpaired) electrons. The summed E-state index contributed by atoms with van der Waals surface area (Å²) in [6.45, 7) is 14.2. The van der Waals surface area contributed by atoms with E-state index in [1.807, 2.05) is 7.05 Å². The lowest BCUT2D eigenvalue weighted by atomic mass is 10.1. The highest BCUT2D eigenvalue weighted by molar-refractivity contribution is 14.0. The van der Waals surface area contributed by atoms with Crippen LogP contribution in [0, 0.1) is 0 Å². The molecule has 0 aromatic carbocycles. The standard InChI is InChI=1S/C18H38N4O2.HI/c1-15(2)22(16(3)4)11-10-21-18(19-5)20-9-6-12-24-17-7-13-23-14-8-17;/h15-17H,6-14H2,1-5H3,(H2,19,20,21);1H. The highest BCUT2D eigenvalue weighted by Crippen LogP contribution is 2.10. The Morgan fingerprint density at radius 2 is 1.72 bits per heavy atom. The number of halogens is 1. The fraction of sp³-hybridized carbons (Fsp3) is 0.944. The van der Waals surface area contributed by atoms with Gasteiger partial charge in [0.05, 0.1) is 6.10 Å². The molecule has 0 bridgehead atoms. The SMILES string of the molecule is CN=C(NCCCOC1CCOCC1)NCCN(C(C)C)C(C)C.I. The average molecular weight is 470 g/mol. The molecule has 1 rings (SSSR count). The molecule has 6 nitrogen and oxygen atoms in total. The number of ether oxygens (including phenoxy) is 2. The average Bonchev–Trinajstić information content (AvgIpc) is 2.56. The summed E-state index contributed by atoms with van der Waals surface area (Å²) in [4.78, 5) is 6.75. The zero-order valence-corrected chi connectivity index (χ0v) is 19.0. The summed E-state index contributed by atoms with van der Waals surface area (Å²) in [5.74, 6) is 0.869. The Kier molecular flexibility index (Phi) is 14.9. The number of hydrogen-bond acceptors (Lipinski definition) is 4. The topological polar surface area (TPSA) is 58.1 Å². The predicted octanol–water partition coefficient (Wildman–Crippen LogP) is 2.47. The number of nitrogens with one attached hydrogen (secondary N) is 2. The molecular weight excluding hydrogens is 431 g/mol. The maximum absolute atomic E-state index is 5.88. The number of hydrogen-bond donors (Lipinski definition) is 2. The molecule has 0 atom stereocenters. The summed E-state index contributed by atoms with van der Waals surface area (Å²) in [6, 6.07) is 1.12. The van der Waals surface area contributed by atoms with Crippen LogP contribution in [-0.2, 0) is 9.47 Å². The Bertz CT molecular complexity index is 340. The third-order valence-electron chi connectivity index (χ3n) is 4.35. The van der Waals surface area contributed by atoms with E-state index in [0.29, 0.717) is 18.2 Å². The minimum absolute atomic E-state index is 0. The minimum atomic E-state index is 0. The van der Waals surface area contributed by atoms with Crippen LogP contribution in [0.2, 0.25) is 0 Å². The van der Waals surface area contributed by atoms with Gasteiger partial charge in [-0.3, -0.25) is 9.89 Å². The van der Waals surface area contributed by atoms with E-state index in [4.69, 9.17) is 9.47 Å². The second kappa shape index (κ2) is 15.0. The quantitative estimate of drug-likeness (QED) is 0.222. The van der Waals surface area contributed by atoms with E-state index < -0.39 is 0 Å². The van der Waals surface area contributed by atoms with Gasteiger partial charge in [0.25, 0.3) is 0 Å². The van der Waals surface area contributed by atoms with Crippen molar-refractivity contribution in [3.8, 4) is 0 Å². The van der Waals surface area contributed by atoms with Gasteiger partial charge in [-0.15, -0.1) is 24.0 Å². The summed E-state index contributed by atoms with van der Waals surface area (Å²) < 4.78 is 11.2. The molecule has 0 aromatic heterocycles. The van der Waals surface area contributed by atoms with Crippen LogP contribution in [0.15, 0.2) is 4.99 Å². The van der Waals surface area contributed by atoms with Gasteiger partial charge in [-0.1, -0.05) is 0 Å². The molecule has 1 saturated heterocycles. The molecule has 1 aliphatic rings. The molecule has 7 heteroatoms. The number of rotatable bonds is 10. The van der Waals surface area contributed by atoms with Crippen molar-refractivity contribution in [2.45, 2.75) is 65.1 Å². The highest BCUT2D eigenvalue weighted by atomic mass is 127. The van der Waals surface area contributed by atoms with E-state index >= 15 is 0 Å². The monoisotopic (exact) mass is 470 g/mol. The van der Waals surface area contributed by atoms with Crippen LogP contribution in [0.4, 0.5) is 0 Å². The molecule has 0 unspecified atom stereocenters. The molecule has 0 aliphatic carbocycles. The van der Waals surface area contributed by atoms with E-state index in [1.165, 1.54) is 0 Å². The second-order valence-corrected chi connectivity index (χ2v) is 6.89. The number of guanidine groups is 1. The van der Waals surface area contributed by atoms with Crippen LogP contribution in [-0.4, -0.2) is 75.5 Å². The third kappa shape index (κ3) is 11.2. The maximum Gasteiger partial charge on any atom is 0.191 e. The lowest BCUT2D eigenvalue weighted by Crippen LogP contribution is -2.45. The number of aliphatic imine (C=N–C) groups is 1. The molecule has 0 aromatic rings. The van der Waals surface area contributed by atoms with E-state index in [0.717, 1.165) is 64.7 Å². The summed E-state index contributed by atoms with van der Waals surface area (Å²) in [6.07, 6.45) is 3.43. The van der Waals surface area contributed by atoms with Crippen LogP contribution in [0.3, 0.4) is 0 Å². The fourth-order valence-corrected chi connectivity index (χ4v) is 3.01. The summed E-state index contributed by atoms with van der Waals surface area (Å²) >= 11 is 0. The van der Waals surface area contributed by atoms with Crippen molar-refractivity contribution < 1.29 is 9.47 Å². The van der Waals surface area contributed by atoms with Crippen molar-refractivity contribution in [2.75, 3.05) is 46.5 Å². The van der Waals surface area contributed by atoms with Crippen molar-refractivity contribution in [3.63, 3.8) is 0 Å². The molecule has 0 amide bonds. The normalized spacial score (nSPS) is 16.4. The van der Waals surface area contributed by atoms with Gasteiger partial charge in [-0.2, -0.15) is 0 Å². The van der Waals surface area contributed by atoms with E-state index in [9.17, 15) is 0 Å². The molecule has 1 heterocycles. The molecular formula is C18H39IN4O2. The van der Waals surface area contributed by atoms with Crippen molar-refractivity contribution in [3.05, 3.63) is 0 Å². The summed E-state index contributed by atoms with van der Waals surface area (Å²) in [7, 11) is 1.82. The maximum atomic E-state index is 5.88. The van der Waals surface area contributed by atoms with Gasteiger partial charge in [0.15, 0.2) is 5.96 Å². The zero-order chi connectivity index (χ0) is 17.8. The molecule has 150 valence electrons. The lowest BCUT2D eigenvalue weighted by Gasteiger charge is -2.30. The van der Waals surface area contributed by atoms with Gasteiger partial charge in [0.2, 0.25) is 0 Å². The molecule has 1 fully saturated rings. The van der Waals surface area contributed by atoms with Gasteiger partial charge >= 0.3 is 0 Å². The van der Waals surface area contributed by atoms with Crippen LogP contribution >= 0.6 is 24.0 Å². The largest absolute Gasteiger partial charge is 0.381 e. The van der Waals surface area contributed by atoms with E-state index in [1.54, 1.807) is 0 Å². The summed E-state index contributed by atoms with van der Waals surface area (Å²) in [5.41, 5.74) is 0. The summed E-state index contributed by atoms with van der Waals surface area (Å²) in [5, 5.41) is 6.74. The molecule has 0 saturated carbocycles. The first kappa shape index (κ1) is 24.9. The van der Waals surface area contributed by atoms with Crippen LogP contribution in [0.1, 0.15) is 47.0 Å². The van der Waals surface area contributed by atoms with Crippen LogP contribution in [0.5, 0.6) is 0 Å². The molecule has 0 spiro atoms. The Morgan fingerprint density at radius 1 is 1.12 bits per heavy atom. The molecule has 2 N–H and O–H groups in total. The Morgan fingerprint density at radius 3 is 2.28 bits per heavy atom.